The molecular weight excluding hydrogens is 356 g/mol. The maximum Gasteiger partial charge on any atom is 0.318 e. The van der Waals surface area contributed by atoms with E-state index in [4.69, 9.17) is 0 Å². The highest BCUT2D eigenvalue weighted by Gasteiger charge is 2.34. The highest BCUT2D eigenvalue weighted by atomic mass is 16.2. The zero-order chi connectivity index (χ0) is 19.5. The van der Waals surface area contributed by atoms with Gasteiger partial charge in [0.15, 0.2) is 0 Å². The van der Waals surface area contributed by atoms with E-state index in [1.807, 2.05) is 42.5 Å². The fraction of sp³-hybridized carbons (Fsp3) is 0.190. The second-order valence-corrected chi connectivity index (χ2v) is 6.64. The van der Waals surface area contributed by atoms with E-state index in [-0.39, 0.29) is 24.0 Å². The number of benzene rings is 2. The lowest BCUT2D eigenvalue weighted by molar-refractivity contribution is -0.127. The first-order valence-corrected chi connectivity index (χ1v) is 9.11. The number of hydrogen-bond acceptors (Lipinski definition) is 3. The van der Waals surface area contributed by atoms with Crippen molar-refractivity contribution < 1.29 is 9.59 Å². The number of rotatable bonds is 3. The highest BCUT2D eigenvalue weighted by Crippen LogP contribution is 2.23. The van der Waals surface area contributed by atoms with E-state index >= 15 is 0 Å². The van der Waals surface area contributed by atoms with E-state index in [1.165, 1.54) is 0 Å². The quantitative estimate of drug-likeness (QED) is 0.652. The van der Waals surface area contributed by atoms with Crippen molar-refractivity contribution in [1.82, 2.24) is 20.5 Å². The molecule has 28 heavy (non-hydrogen) atoms. The van der Waals surface area contributed by atoms with Crippen LogP contribution in [0.5, 0.6) is 0 Å². The van der Waals surface area contributed by atoms with Gasteiger partial charge in [-0.15, -0.1) is 0 Å². The van der Waals surface area contributed by atoms with Crippen LogP contribution in [0.25, 0.3) is 10.8 Å². The third kappa shape index (κ3) is 3.34. The Morgan fingerprint density at radius 3 is 2.54 bits per heavy atom. The van der Waals surface area contributed by atoms with Gasteiger partial charge in [-0.1, -0.05) is 48.5 Å². The molecule has 0 radical (unpaired) electrons. The molecule has 7 heteroatoms. The Morgan fingerprint density at radius 2 is 1.75 bits per heavy atom. The van der Waals surface area contributed by atoms with Crippen LogP contribution < -0.4 is 16.2 Å². The Balaban J connectivity index is 1.55. The van der Waals surface area contributed by atoms with Crippen LogP contribution in [0.15, 0.2) is 65.6 Å². The largest absolute Gasteiger partial charge is 0.352 e. The molecule has 1 unspecified atom stereocenters. The molecule has 0 bridgehead atoms. The molecule has 1 aliphatic rings. The first-order chi connectivity index (χ1) is 13.6. The maximum absolute atomic E-state index is 12.9. The SMILES string of the molecule is O=C1NCCN(C(=O)NCc2c[nH]c(=O)c3ccccc23)C1c1ccccc1. The first kappa shape index (κ1) is 17.8. The molecule has 3 aromatic rings. The first-order valence-electron chi connectivity index (χ1n) is 9.11. The molecule has 1 atom stereocenters. The summed E-state index contributed by atoms with van der Waals surface area (Å²) in [5.41, 5.74) is 1.41. The summed E-state index contributed by atoms with van der Waals surface area (Å²) in [6, 6.07) is 15.5. The van der Waals surface area contributed by atoms with Gasteiger partial charge in [-0.25, -0.2) is 4.79 Å². The summed E-state index contributed by atoms with van der Waals surface area (Å²) < 4.78 is 0. The lowest BCUT2D eigenvalue weighted by Gasteiger charge is -2.35. The Labute approximate surface area is 161 Å². The number of amides is 3. The average Bonchev–Trinajstić information content (AvgIpc) is 2.74. The molecule has 7 nitrogen and oxygen atoms in total. The van der Waals surface area contributed by atoms with Crippen LogP contribution in [0.4, 0.5) is 4.79 Å². The van der Waals surface area contributed by atoms with E-state index < -0.39 is 6.04 Å². The van der Waals surface area contributed by atoms with Gasteiger partial charge in [0, 0.05) is 31.2 Å². The Bertz CT molecular complexity index is 1080. The van der Waals surface area contributed by atoms with Gasteiger partial charge in [-0.05, 0) is 22.6 Å². The van der Waals surface area contributed by atoms with Crippen molar-refractivity contribution in [2.45, 2.75) is 12.6 Å². The normalized spacial score (nSPS) is 16.6. The number of nitrogens with zero attached hydrogens (tertiary/aromatic N) is 1. The van der Waals surface area contributed by atoms with Crippen molar-refractivity contribution in [3.63, 3.8) is 0 Å². The smallest absolute Gasteiger partial charge is 0.318 e. The summed E-state index contributed by atoms with van der Waals surface area (Å²) in [6.45, 7) is 1.08. The molecule has 2 heterocycles. The minimum Gasteiger partial charge on any atom is -0.352 e. The molecule has 1 aliphatic heterocycles. The lowest BCUT2D eigenvalue weighted by atomic mass is 10.0. The molecule has 142 valence electrons. The number of urea groups is 1. The number of nitrogens with one attached hydrogen (secondary N) is 3. The number of aromatic nitrogens is 1. The molecule has 3 amide bonds. The van der Waals surface area contributed by atoms with Crippen LogP contribution in [0.3, 0.4) is 0 Å². The average molecular weight is 376 g/mol. The van der Waals surface area contributed by atoms with Gasteiger partial charge in [0.25, 0.3) is 5.56 Å². The number of H-pyrrole nitrogens is 1. The van der Waals surface area contributed by atoms with Gasteiger partial charge in [-0.3, -0.25) is 9.59 Å². The monoisotopic (exact) mass is 376 g/mol. The molecule has 0 saturated carbocycles. The van der Waals surface area contributed by atoms with E-state index in [1.54, 1.807) is 23.2 Å². The van der Waals surface area contributed by atoms with Crippen LogP contribution in [0, 0.1) is 0 Å². The Morgan fingerprint density at radius 1 is 1.04 bits per heavy atom. The number of carbonyl (C=O) groups excluding carboxylic acids is 2. The minimum atomic E-state index is -0.665. The highest BCUT2D eigenvalue weighted by molar-refractivity contribution is 5.89. The number of pyridine rings is 1. The number of aromatic amines is 1. The molecule has 3 N–H and O–H groups in total. The van der Waals surface area contributed by atoms with Crippen LogP contribution >= 0.6 is 0 Å². The minimum absolute atomic E-state index is 0.164. The Hall–Kier alpha value is -3.61. The predicted octanol–water partition coefficient (Wildman–Crippen LogP) is 1.91. The van der Waals surface area contributed by atoms with Crippen molar-refractivity contribution in [2.24, 2.45) is 0 Å². The van der Waals surface area contributed by atoms with Crippen molar-refractivity contribution in [2.75, 3.05) is 13.1 Å². The molecule has 0 aliphatic carbocycles. The van der Waals surface area contributed by atoms with Crippen molar-refractivity contribution >= 4 is 22.7 Å². The van der Waals surface area contributed by atoms with Gasteiger partial charge in [0.2, 0.25) is 5.91 Å². The Kier molecular flexibility index (Phi) is 4.80. The third-order valence-corrected chi connectivity index (χ3v) is 4.91. The zero-order valence-corrected chi connectivity index (χ0v) is 15.1. The summed E-state index contributed by atoms with van der Waals surface area (Å²) in [7, 11) is 0. The number of piperazine rings is 1. The van der Waals surface area contributed by atoms with Crippen LogP contribution in [-0.4, -0.2) is 34.9 Å². The molecule has 1 saturated heterocycles. The number of carbonyl (C=O) groups is 2. The van der Waals surface area contributed by atoms with E-state index in [0.717, 1.165) is 16.5 Å². The van der Waals surface area contributed by atoms with Gasteiger partial charge < -0.3 is 20.5 Å². The number of fused-ring (bicyclic) bond motifs is 1. The van der Waals surface area contributed by atoms with Crippen molar-refractivity contribution in [3.05, 3.63) is 82.3 Å². The zero-order valence-electron chi connectivity index (χ0n) is 15.1. The molecule has 1 fully saturated rings. The summed E-state index contributed by atoms with van der Waals surface area (Å²) in [4.78, 5) is 41.5. The van der Waals surface area contributed by atoms with E-state index in [2.05, 4.69) is 15.6 Å². The van der Waals surface area contributed by atoms with E-state index in [0.29, 0.717) is 18.5 Å². The number of hydrogen-bond donors (Lipinski definition) is 3. The topological polar surface area (TPSA) is 94.3 Å². The van der Waals surface area contributed by atoms with Crippen LogP contribution in [-0.2, 0) is 11.3 Å². The second-order valence-electron chi connectivity index (χ2n) is 6.64. The maximum atomic E-state index is 12.9. The molecule has 2 aromatic carbocycles. The summed E-state index contributed by atoms with van der Waals surface area (Å²) in [6.07, 6.45) is 1.61. The van der Waals surface area contributed by atoms with Crippen molar-refractivity contribution in [3.8, 4) is 0 Å². The van der Waals surface area contributed by atoms with Gasteiger partial charge in [0.05, 0.1) is 0 Å². The predicted molar refractivity (Wildman–Crippen MR) is 106 cm³/mol. The van der Waals surface area contributed by atoms with Crippen LogP contribution in [0.1, 0.15) is 17.2 Å². The lowest BCUT2D eigenvalue weighted by Crippen LogP contribution is -2.54. The van der Waals surface area contributed by atoms with Crippen LogP contribution in [0.2, 0.25) is 0 Å². The fourth-order valence-electron chi connectivity index (χ4n) is 3.54. The summed E-state index contributed by atoms with van der Waals surface area (Å²) in [5.74, 6) is -0.193. The molecular formula is C21H20N4O3. The molecule has 0 spiro atoms. The second kappa shape index (κ2) is 7.56. The van der Waals surface area contributed by atoms with Gasteiger partial charge >= 0.3 is 6.03 Å². The van der Waals surface area contributed by atoms with Gasteiger partial charge in [-0.2, -0.15) is 0 Å². The van der Waals surface area contributed by atoms with E-state index in [9.17, 15) is 14.4 Å². The standard InChI is InChI=1S/C21H20N4O3/c26-19-17-9-5-4-8-16(17)15(12-23-19)13-24-21(28)25-11-10-22-20(27)18(25)14-6-2-1-3-7-14/h1-9,12,18H,10-11,13H2,(H,22,27)(H,23,26)(H,24,28). The van der Waals surface area contributed by atoms with Gasteiger partial charge in [0.1, 0.15) is 6.04 Å². The third-order valence-electron chi connectivity index (χ3n) is 4.91. The molecule has 1 aromatic heterocycles. The summed E-state index contributed by atoms with van der Waals surface area (Å²) in [5, 5.41) is 7.08. The fourth-order valence-corrected chi connectivity index (χ4v) is 3.54. The van der Waals surface area contributed by atoms with Crippen molar-refractivity contribution in [1.29, 1.82) is 0 Å². The molecule has 4 rings (SSSR count). The summed E-state index contributed by atoms with van der Waals surface area (Å²) >= 11 is 0.